The van der Waals surface area contributed by atoms with E-state index in [9.17, 15) is 23.9 Å². The van der Waals surface area contributed by atoms with Crippen LogP contribution in [0, 0.1) is 11.2 Å². The maximum Gasteiger partial charge on any atom is 0.309 e. The zero-order valence-electron chi connectivity index (χ0n) is 17.2. The van der Waals surface area contributed by atoms with Gasteiger partial charge in [0.2, 0.25) is 0 Å². The Labute approximate surface area is 179 Å². The van der Waals surface area contributed by atoms with Crippen molar-refractivity contribution < 1.29 is 23.9 Å². The van der Waals surface area contributed by atoms with Crippen LogP contribution < -0.4 is 5.32 Å². The normalized spacial score (nSPS) is 11.1. The summed E-state index contributed by atoms with van der Waals surface area (Å²) in [6.45, 7) is 3.05. The first-order chi connectivity index (χ1) is 14.7. The standard InChI is InChI=1S/C25H22FNO4/c1-25(2,24(30)31)15-22(28)18-5-3-16(4-6-18)17-9-13-21(14-10-17)27-23(29)19-7-11-20(26)12-8-19/h3-14H,15H2,1-2H3,(H,27,29)(H,30,31). The number of amides is 1. The van der Waals surface area contributed by atoms with Crippen molar-refractivity contribution in [3.8, 4) is 11.1 Å². The van der Waals surface area contributed by atoms with Gasteiger partial charge in [-0.1, -0.05) is 36.4 Å². The Bertz CT molecular complexity index is 1100. The predicted octanol–water partition coefficient (Wildman–Crippen LogP) is 5.43. The summed E-state index contributed by atoms with van der Waals surface area (Å²) in [6.07, 6.45) is -0.0792. The summed E-state index contributed by atoms with van der Waals surface area (Å²) in [5.74, 6) is -1.97. The Hall–Kier alpha value is -3.80. The summed E-state index contributed by atoms with van der Waals surface area (Å²) in [7, 11) is 0. The number of carbonyl (C=O) groups excluding carboxylic acids is 2. The third-order valence-electron chi connectivity index (χ3n) is 4.97. The van der Waals surface area contributed by atoms with E-state index in [0.717, 1.165) is 11.1 Å². The molecule has 0 saturated heterocycles. The molecule has 2 N–H and O–H groups in total. The Balaban J connectivity index is 1.67. The van der Waals surface area contributed by atoms with Gasteiger partial charge >= 0.3 is 5.97 Å². The number of halogens is 1. The minimum absolute atomic E-state index is 0.0792. The van der Waals surface area contributed by atoms with E-state index in [2.05, 4.69) is 5.32 Å². The number of hydrogen-bond acceptors (Lipinski definition) is 3. The highest BCUT2D eigenvalue weighted by Crippen LogP contribution is 2.26. The topological polar surface area (TPSA) is 83.5 Å². The number of Topliss-reactive ketones (excluding diaryl/α,β-unsaturated/α-hetero) is 1. The van der Waals surface area contributed by atoms with Gasteiger partial charge in [0.15, 0.2) is 5.78 Å². The SMILES string of the molecule is CC(C)(CC(=O)c1ccc(-c2ccc(NC(=O)c3ccc(F)cc3)cc2)cc1)C(=O)O. The lowest BCUT2D eigenvalue weighted by atomic mass is 9.85. The van der Waals surface area contributed by atoms with Gasteiger partial charge in [-0.25, -0.2) is 4.39 Å². The van der Waals surface area contributed by atoms with E-state index in [1.54, 1.807) is 36.4 Å². The van der Waals surface area contributed by atoms with Crippen molar-refractivity contribution >= 4 is 23.3 Å². The van der Waals surface area contributed by atoms with Crippen LogP contribution in [0.25, 0.3) is 11.1 Å². The number of rotatable bonds is 7. The lowest BCUT2D eigenvalue weighted by Crippen LogP contribution is -2.26. The van der Waals surface area contributed by atoms with Gasteiger partial charge in [-0.05, 0) is 61.4 Å². The second-order valence-electron chi connectivity index (χ2n) is 7.90. The van der Waals surface area contributed by atoms with Crippen molar-refractivity contribution in [3.63, 3.8) is 0 Å². The van der Waals surface area contributed by atoms with Crippen LogP contribution in [-0.4, -0.2) is 22.8 Å². The zero-order chi connectivity index (χ0) is 22.6. The Morgan fingerprint density at radius 2 is 1.29 bits per heavy atom. The van der Waals surface area contributed by atoms with Crippen LogP contribution in [-0.2, 0) is 4.79 Å². The molecule has 5 nitrogen and oxygen atoms in total. The molecule has 158 valence electrons. The van der Waals surface area contributed by atoms with E-state index >= 15 is 0 Å². The zero-order valence-corrected chi connectivity index (χ0v) is 17.2. The number of nitrogens with one attached hydrogen (secondary N) is 1. The number of carboxylic acid groups (broad SMARTS) is 1. The maximum atomic E-state index is 13.0. The third kappa shape index (κ3) is 5.42. The molecule has 0 unspecified atom stereocenters. The lowest BCUT2D eigenvalue weighted by Gasteiger charge is -2.17. The van der Waals surface area contributed by atoms with Crippen molar-refractivity contribution in [1.82, 2.24) is 0 Å². The van der Waals surface area contributed by atoms with Gasteiger partial charge in [0.25, 0.3) is 5.91 Å². The first kappa shape index (κ1) is 21.9. The minimum atomic E-state index is -1.12. The fourth-order valence-corrected chi connectivity index (χ4v) is 2.98. The molecule has 6 heteroatoms. The van der Waals surface area contributed by atoms with Crippen LogP contribution in [0.15, 0.2) is 72.8 Å². The van der Waals surface area contributed by atoms with Crippen molar-refractivity contribution in [2.75, 3.05) is 5.32 Å². The number of anilines is 1. The van der Waals surface area contributed by atoms with Crippen LogP contribution in [0.2, 0.25) is 0 Å². The molecule has 3 aromatic rings. The summed E-state index contributed by atoms with van der Waals surface area (Å²) in [6, 6.07) is 19.4. The summed E-state index contributed by atoms with van der Waals surface area (Å²) >= 11 is 0. The first-order valence-electron chi connectivity index (χ1n) is 9.70. The number of aliphatic carboxylic acids is 1. The van der Waals surface area contributed by atoms with Crippen molar-refractivity contribution in [2.24, 2.45) is 5.41 Å². The largest absolute Gasteiger partial charge is 0.481 e. The number of ketones is 1. The highest BCUT2D eigenvalue weighted by atomic mass is 19.1. The Morgan fingerprint density at radius 1 is 0.806 bits per heavy atom. The summed E-state index contributed by atoms with van der Waals surface area (Å²) in [5.41, 5.74) is 2.07. The molecule has 3 aromatic carbocycles. The highest BCUT2D eigenvalue weighted by Gasteiger charge is 2.30. The van der Waals surface area contributed by atoms with E-state index in [1.165, 1.54) is 38.1 Å². The monoisotopic (exact) mass is 419 g/mol. The second-order valence-corrected chi connectivity index (χ2v) is 7.90. The van der Waals surface area contributed by atoms with Crippen LogP contribution in [0.3, 0.4) is 0 Å². The molecule has 0 aliphatic rings. The van der Waals surface area contributed by atoms with Gasteiger partial charge < -0.3 is 10.4 Å². The van der Waals surface area contributed by atoms with E-state index in [0.29, 0.717) is 16.8 Å². The number of hydrogen-bond donors (Lipinski definition) is 2. The van der Waals surface area contributed by atoms with Gasteiger partial charge in [0, 0.05) is 23.2 Å². The highest BCUT2D eigenvalue weighted by molar-refractivity contribution is 6.04. The molecular formula is C25H22FNO4. The lowest BCUT2D eigenvalue weighted by molar-refractivity contribution is -0.146. The van der Waals surface area contributed by atoms with Gasteiger partial charge in [0.1, 0.15) is 5.82 Å². The maximum absolute atomic E-state index is 13.0. The number of benzene rings is 3. The van der Waals surface area contributed by atoms with Crippen molar-refractivity contribution in [3.05, 3.63) is 89.7 Å². The average molecular weight is 419 g/mol. The second kappa shape index (κ2) is 8.92. The molecule has 0 spiro atoms. The van der Waals surface area contributed by atoms with Gasteiger partial charge in [0.05, 0.1) is 5.41 Å². The fourth-order valence-electron chi connectivity index (χ4n) is 2.98. The van der Waals surface area contributed by atoms with E-state index in [-0.39, 0.29) is 18.1 Å². The molecule has 1 amide bonds. The minimum Gasteiger partial charge on any atom is -0.481 e. The molecule has 0 bridgehead atoms. The Kier molecular flexibility index (Phi) is 6.30. The molecule has 0 aromatic heterocycles. The number of carboxylic acids is 1. The smallest absolute Gasteiger partial charge is 0.309 e. The quantitative estimate of drug-likeness (QED) is 0.500. The molecule has 3 rings (SSSR count). The van der Waals surface area contributed by atoms with Gasteiger partial charge in [-0.3, -0.25) is 14.4 Å². The summed E-state index contributed by atoms with van der Waals surface area (Å²) in [4.78, 5) is 35.8. The Morgan fingerprint density at radius 3 is 1.81 bits per heavy atom. The molecule has 0 atom stereocenters. The molecule has 0 saturated carbocycles. The van der Waals surface area contributed by atoms with Gasteiger partial charge in [-0.2, -0.15) is 0 Å². The molecule has 0 heterocycles. The van der Waals surface area contributed by atoms with E-state index in [1.807, 2.05) is 12.1 Å². The molecule has 0 aliphatic carbocycles. The molecule has 31 heavy (non-hydrogen) atoms. The van der Waals surface area contributed by atoms with Crippen molar-refractivity contribution in [1.29, 1.82) is 0 Å². The van der Waals surface area contributed by atoms with Crippen LogP contribution in [0.1, 0.15) is 41.0 Å². The molecule has 0 aliphatic heterocycles. The summed E-state index contributed by atoms with van der Waals surface area (Å²) < 4.78 is 13.0. The average Bonchev–Trinajstić information content (AvgIpc) is 2.74. The number of carbonyl (C=O) groups is 3. The van der Waals surface area contributed by atoms with Gasteiger partial charge in [-0.15, -0.1) is 0 Å². The van der Waals surface area contributed by atoms with Crippen LogP contribution >= 0.6 is 0 Å². The third-order valence-corrected chi connectivity index (χ3v) is 4.97. The molecule has 0 fully saturated rings. The van der Waals surface area contributed by atoms with E-state index in [4.69, 9.17) is 0 Å². The van der Waals surface area contributed by atoms with Crippen molar-refractivity contribution in [2.45, 2.75) is 20.3 Å². The summed E-state index contributed by atoms with van der Waals surface area (Å²) in [5, 5.41) is 11.9. The van der Waals surface area contributed by atoms with E-state index < -0.39 is 17.2 Å². The van der Waals surface area contributed by atoms with Crippen LogP contribution in [0.5, 0.6) is 0 Å². The van der Waals surface area contributed by atoms with Crippen LogP contribution in [0.4, 0.5) is 10.1 Å². The first-order valence-corrected chi connectivity index (χ1v) is 9.70. The molecular weight excluding hydrogens is 397 g/mol. The molecule has 0 radical (unpaired) electrons. The fraction of sp³-hybridized carbons (Fsp3) is 0.160. The predicted molar refractivity (Wildman–Crippen MR) is 117 cm³/mol.